The normalized spacial score (nSPS) is 19.4. The molecule has 0 aromatic carbocycles. The van der Waals surface area contributed by atoms with E-state index in [1.54, 1.807) is 25.4 Å². The third-order valence-corrected chi connectivity index (χ3v) is 5.02. The maximum absolute atomic E-state index is 12.6. The third-order valence-electron chi connectivity index (χ3n) is 5.02. The van der Waals surface area contributed by atoms with Gasteiger partial charge in [0, 0.05) is 12.4 Å². The molecule has 0 radical (unpaired) electrons. The molecule has 2 heterocycles. The molecule has 1 fully saturated rings. The van der Waals surface area contributed by atoms with E-state index in [1.165, 1.54) is 4.90 Å². The van der Waals surface area contributed by atoms with E-state index >= 15 is 0 Å². The summed E-state index contributed by atoms with van der Waals surface area (Å²) in [5, 5.41) is 12.3. The Morgan fingerprint density at radius 1 is 1.33 bits per heavy atom. The summed E-state index contributed by atoms with van der Waals surface area (Å²) in [6.07, 6.45) is 3.48. The number of nitriles is 1. The summed E-state index contributed by atoms with van der Waals surface area (Å²) in [6, 6.07) is 3.85. The Kier molecular flexibility index (Phi) is 5.73. The van der Waals surface area contributed by atoms with Crippen molar-refractivity contribution in [2.45, 2.75) is 39.3 Å². The van der Waals surface area contributed by atoms with Crippen molar-refractivity contribution < 1.29 is 9.69 Å². The van der Waals surface area contributed by atoms with Gasteiger partial charge in [-0.3, -0.25) is 4.79 Å². The maximum Gasteiger partial charge on any atom is 0.279 e. The Labute approximate surface area is 143 Å². The lowest BCUT2D eigenvalue weighted by molar-refractivity contribution is -0.914. The van der Waals surface area contributed by atoms with Gasteiger partial charge in [0.15, 0.2) is 6.04 Å². The minimum absolute atomic E-state index is 0.0562. The highest BCUT2D eigenvalue weighted by Crippen LogP contribution is 2.15. The lowest BCUT2D eigenvalue weighted by atomic mass is 9.89. The van der Waals surface area contributed by atoms with Crippen LogP contribution < -0.4 is 15.1 Å². The van der Waals surface area contributed by atoms with Gasteiger partial charge in [0.1, 0.15) is 5.54 Å². The van der Waals surface area contributed by atoms with Crippen LogP contribution in [0.15, 0.2) is 18.5 Å². The number of hydrogen-bond donors (Lipinski definition) is 2. The Morgan fingerprint density at radius 2 is 1.92 bits per heavy atom. The summed E-state index contributed by atoms with van der Waals surface area (Å²) < 4.78 is 0. The monoisotopic (exact) mass is 331 g/mol. The molecule has 130 valence electrons. The first-order chi connectivity index (χ1) is 11.4. The number of rotatable bonds is 5. The smallest absolute Gasteiger partial charge is 0.279 e. The number of amides is 1. The first kappa shape index (κ1) is 18.1. The van der Waals surface area contributed by atoms with Crippen LogP contribution >= 0.6 is 0 Å². The molecule has 1 aliphatic rings. The fraction of sp³-hybridized carbons (Fsp3) is 0.647. The van der Waals surface area contributed by atoms with E-state index in [-0.39, 0.29) is 17.9 Å². The zero-order valence-electron chi connectivity index (χ0n) is 14.9. The Balaban J connectivity index is 1.92. The van der Waals surface area contributed by atoms with Crippen LogP contribution in [0.1, 0.15) is 27.7 Å². The fourth-order valence-corrected chi connectivity index (χ4v) is 2.73. The van der Waals surface area contributed by atoms with Crippen LogP contribution in [0, 0.1) is 17.2 Å². The molecule has 24 heavy (non-hydrogen) atoms. The van der Waals surface area contributed by atoms with Gasteiger partial charge in [-0.05, 0) is 25.8 Å². The first-order valence-electron chi connectivity index (χ1n) is 8.47. The fourth-order valence-electron chi connectivity index (χ4n) is 2.73. The molecule has 2 N–H and O–H groups in total. The topological polar surface area (TPSA) is 86.4 Å². The van der Waals surface area contributed by atoms with E-state index in [9.17, 15) is 10.1 Å². The molecule has 7 heteroatoms. The van der Waals surface area contributed by atoms with Crippen molar-refractivity contribution in [3.8, 4) is 6.07 Å². The molecule has 0 unspecified atom stereocenters. The van der Waals surface area contributed by atoms with Crippen molar-refractivity contribution >= 4 is 11.9 Å². The van der Waals surface area contributed by atoms with Crippen LogP contribution in [0.3, 0.4) is 0 Å². The van der Waals surface area contributed by atoms with Gasteiger partial charge in [-0.1, -0.05) is 13.8 Å². The second-order valence-corrected chi connectivity index (χ2v) is 6.87. The second-order valence-electron chi connectivity index (χ2n) is 6.87. The number of nitrogens with one attached hydrogen (secondary N) is 2. The van der Waals surface area contributed by atoms with Gasteiger partial charge in [0.05, 0.1) is 32.2 Å². The second kappa shape index (κ2) is 7.58. The van der Waals surface area contributed by atoms with Crippen LogP contribution in [0.4, 0.5) is 5.95 Å². The number of nitrogens with zero attached hydrogens (tertiary/aromatic N) is 4. The number of carbonyl (C=O) groups is 1. The predicted molar refractivity (Wildman–Crippen MR) is 91.4 cm³/mol. The van der Waals surface area contributed by atoms with Crippen molar-refractivity contribution in [1.82, 2.24) is 15.3 Å². The van der Waals surface area contributed by atoms with Gasteiger partial charge in [0.25, 0.3) is 5.91 Å². The molecule has 1 amide bonds. The lowest BCUT2D eigenvalue weighted by Crippen LogP contribution is -3.19. The molecule has 1 aliphatic heterocycles. The highest BCUT2D eigenvalue weighted by molar-refractivity contribution is 5.81. The van der Waals surface area contributed by atoms with E-state index in [2.05, 4.69) is 26.3 Å². The summed E-state index contributed by atoms with van der Waals surface area (Å²) in [5.74, 6) is 0.735. The summed E-state index contributed by atoms with van der Waals surface area (Å²) in [5.41, 5.74) is -0.829. The van der Waals surface area contributed by atoms with Gasteiger partial charge in [0.2, 0.25) is 5.95 Å². The van der Waals surface area contributed by atoms with Crippen molar-refractivity contribution in [3.05, 3.63) is 18.5 Å². The summed E-state index contributed by atoms with van der Waals surface area (Å²) >= 11 is 0. The summed E-state index contributed by atoms with van der Waals surface area (Å²) in [6.45, 7) is 10.9. The molecule has 1 aromatic rings. The molecule has 7 nitrogen and oxygen atoms in total. The molecule has 0 aliphatic carbocycles. The van der Waals surface area contributed by atoms with Crippen LogP contribution in [0.25, 0.3) is 0 Å². The zero-order valence-corrected chi connectivity index (χ0v) is 14.9. The molecular weight excluding hydrogens is 304 g/mol. The van der Waals surface area contributed by atoms with Gasteiger partial charge in [-0.15, -0.1) is 0 Å². The maximum atomic E-state index is 12.6. The number of quaternary nitrogens is 1. The highest BCUT2D eigenvalue weighted by atomic mass is 16.2. The number of hydrogen-bond acceptors (Lipinski definition) is 5. The Bertz CT molecular complexity index is 591. The van der Waals surface area contributed by atoms with E-state index in [0.29, 0.717) is 0 Å². The zero-order chi connectivity index (χ0) is 17.7. The third kappa shape index (κ3) is 4.01. The Hall–Kier alpha value is -2.20. The molecule has 1 saturated heterocycles. The van der Waals surface area contributed by atoms with Gasteiger partial charge in [-0.25, -0.2) is 9.97 Å². The number of aromatic nitrogens is 2. The molecule has 2 rings (SSSR count). The highest BCUT2D eigenvalue weighted by Gasteiger charge is 2.36. The van der Waals surface area contributed by atoms with Crippen LogP contribution in [-0.2, 0) is 4.79 Å². The number of anilines is 1. The van der Waals surface area contributed by atoms with Crippen LogP contribution in [-0.4, -0.2) is 53.6 Å². The molecule has 1 aromatic heterocycles. The largest absolute Gasteiger partial charge is 0.333 e. The first-order valence-corrected chi connectivity index (χ1v) is 8.47. The average Bonchev–Trinajstić information content (AvgIpc) is 2.61. The number of carbonyl (C=O) groups excluding carboxylic acids is 1. The van der Waals surface area contributed by atoms with E-state index < -0.39 is 5.54 Å². The molecule has 0 saturated carbocycles. The van der Waals surface area contributed by atoms with Crippen LogP contribution in [0.2, 0.25) is 0 Å². The van der Waals surface area contributed by atoms with Crippen molar-refractivity contribution in [2.75, 3.05) is 31.1 Å². The molecule has 2 atom stereocenters. The lowest BCUT2D eigenvalue weighted by Gasteiger charge is -2.36. The minimum Gasteiger partial charge on any atom is -0.333 e. The number of piperazine rings is 1. The van der Waals surface area contributed by atoms with E-state index in [4.69, 9.17) is 0 Å². The SMILES string of the molecule is CC(C)[C@](C)(C#N)NC(=O)[C@@H](C)[NH+]1CCN(c2ncccn2)CC1. The average molecular weight is 331 g/mol. The van der Waals surface area contributed by atoms with Gasteiger partial charge in [-0.2, -0.15) is 5.26 Å². The van der Waals surface area contributed by atoms with E-state index in [0.717, 1.165) is 32.1 Å². The summed E-state index contributed by atoms with van der Waals surface area (Å²) in [4.78, 5) is 24.5. The summed E-state index contributed by atoms with van der Waals surface area (Å²) in [7, 11) is 0. The standard InChI is InChI=1S/C17H26N6O/c1-13(2)17(4,12-18)21-15(24)14(3)22-8-10-23(11-9-22)16-19-6-5-7-20-16/h5-7,13-14H,8-11H2,1-4H3,(H,21,24)/p+1/t14-,17+/m1/s1. The van der Waals surface area contributed by atoms with Crippen molar-refractivity contribution in [3.63, 3.8) is 0 Å². The van der Waals surface area contributed by atoms with Crippen LogP contribution in [0.5, 0.6) is 0 Å². The quantitative estimate of drug-likeness (QED) is 0.768. The minimum atomic E-state index is -0.829. The Morgan fingerprint density at radius 3 is 2.42 bits per heavy atom. The van der Waals surface area contributed by atoms with Gasteiger partial charge >= 0.3 is 0 Å². The van der Waals surface area contributed by atoms with Crippen molar-refractivity contribution in [2.24, 2.45) is 5.92 Å². The predicted octanol–water partition coefficient (Wildman–Crippen LogP) is -0.376. The molecular formula is C17H27N6O+. The van der Waals surface area contributed by atoms with Gasteiger partial charge < -0.3 is 15.1 Å². The molecule has 0 spiro atoms. The van der Waals surface area contributed by atoms with Crippen molar-refractivity contribution in [1.29, 1.82) is 5.26 Å². The molecule has 0 bridgehead atoms. The van der Waals surface area contributed by atoms with E-state index in [1.807, 2.05) is 20.8 Å².